The first-order valence-electron chi connectivity index (χ1n) is 9.88. The van der Waals surface area contributed by atoms with Crippen molar-refractivity contribution in [1.29, 1.82) is 0 Å². The van der Waals surface area contributed by atoms with Gasteiger partial charge in [-0.1, -0.05) is 24.7 Å². The van der Waals surface area contributed by atoms with Crippen LogP contribution in [0.2, 0.25) is 0 Å². The van der Waals surface area contributed by atoms with Crippen LogP contribution in [0.1, 0.15) is 64.7 Å². The smallest absolute Gasteiger partial charge is 0.334 e. The first-order valence-corrected chi connectivity index (χ1v) is 9.88. The maximum Gasteiger partial charge on any atom is 0.334 e. The summed E-state index contributed by atoms with van der Waals surface area (Å²) in [6.07, 6.45) is 5.49. The lowest BCUT2D eigenvalue weighted by molar-refractivity contribution is -0.145. The molecule has 2 N–H and O–H groups in total. The van der Waals surface area contributed by atoms with Gasteiger partial charge in [0.1, 0.15) is 12.2 Å². The van der Waals surface area contributed by atoms with Crippen LogP contribution in [0.4, 0.5) is 0 Å². The molecule has 2 heterocycles. The molecule has 0 radical (unpaired) electrons. The highest BCUT2D eigenvalue weighted by atomic mass is 16.6. The number of unbranched alkanes of at least 4 members (excludes halogenated alkanes) is 3. The third-order valence-electron chi connectivity index (χ3n) is 4.67. The molecule has 1 saturated heterocycles. The minimum Gasteiger partial charge on any atom is -0.460 e. The molecule has 0 amide bonds. The SMILES string of the molecule is C[C@H]1C=C(C[C@@H](O)CC#CC#CCCCCC[C@@H](O)[C@H]2CCC(=O)O2)C(=O)O1. The molecule has 6 nitrogen and oxygen atoms in total. The summed E-state index contributed by atoms with van der Waals surface area (Å²) < 4.78 is 10.0. The van der Waals surface area contributed by atoms with Crippen LogP contribution >= 0.6 is 0 Å². The highest BCUT2D eigenvalue weighted by molar-refractivity contribution is 5.90. The Kier molecular flexibility index (Phi) is 9.07. The first kappa shape index (κ1) is 22.0. The van der Waals surface area contributed by atoms with Gasteiger partial charge < -0.3 is 19.7 Å². The van der Waals surface area contributed by atoms with E-state index in [4.69, 9.17) is 9.47 Å². The maximum atomic E-state index is 11.5. The van der Waals surface area contributed by atoms with E-state index in [1.54, 1.807) is 13.0 Å². The number of hydrogen-bond donors (Lipinski definition) is 2. The summed E-state index contributed by atoms with van der Waals surface area (Å²) in [7, 11) is 0. The Bertz CT molecular complexity index is 702. The Labute approximate surface area is 166 Å². The highest BCUT2D eigenvalue weighted by Crippen LogP contribution is 2.21. The number of aliphatic hydroxyl groups excluding tert-OH is 2. The van der Waals surface area contributed by atoms with Crippen molar-refractivity contribution in [3.05, 3.63) is 11.6 Å². The van der Waals surface area contributed by atoms with E-state index in [1.807, 2.05) is 0 Å². The molecule has 0 aromatic heterocycles. The van der Waals surface area contributed by atoms with E-state index in [2.05, 4.69) is 23.7 Å². The predicted octanol–water partition coefficient (Wildman–Crippen LogP) is 2.02. The second kappa shape index (κ2) is 11.5. The molecule has 1 fully saturated rings. The maximum absolute atomic E-state index is 11.5. The zero-order valence-electron chi connectivity index (χ0n) is 16.3. The molecule has 0 spiro atoms. The molecule has 0 aliphatic carbocycles. The molecule has 0 unspecified atom stereocenters. The molecule has 0 aromatic carbocycles. The van der Waals surface area contributed by atoms with E-state index in [-0.39, 0.29) is 37.0 Å². The number of carbonyl (C=O) groups excluding carboxylic acids is 2. The van der Waals surface area contributed by atoms with Crippen LogP contribution < -0.4 is 0 Å². The monoisotopic (exact) mass is 388 g/mol. The van der Waals surface area contributed by atoms with Crippen LogP contribution in [0.25, 0.3) is 0 Å². The van der Waals surface area contributed by atoms with E-state index in [9.17, 15) is 19.8 Å². The number of aliphatic hydroxyl groups is 2. The Hall–Kier alpha value is -2.28. The average molecular weight is 388 g/mol. The van der Waals surface area contributed by atoms with Crippen LogP contribution in [-0.2, 0) is 19.1 Å². The number of hydrogen-bond acceptors (Lipinski definition) is 6. The molecule has 2 aliphatic heterocycles. The van der Waals surface area contributed by atoms with Crippen molar-refractivity contribution in [1.82, 2.24) is 0 Å². The fourth-order valence-electron chi connectivity index (χ4n) is 3.17. The van der Waals surface area contributed by atoms with Crippen molar-refractivity contribution in [3.8, 4) is 23.7 Å². The summed E-state index contributed by atoms with van der Waals surface area (Å²) in [6.45, 7) is 1.78. The lowest BCUT2D eigenvalue weighted by Gasteiger charge is -2.16. The van der Waals surface area contributed by atoms with Crippen LogP contribution in [0, 0.1) is 23.7 Å². The van der Waals surface area contributed by atoms with E-state index in [1.165, 1.54) is 0 Å². The van der Waals surface area contributed by atoms with Crippen molar-refractivity contribution in [2.24, 2.45) is 0 Å². The van der Waals surface area contributed by atoms with Gasteiger partial charge in [-0.25, -0.2) is 4.79 Å². The summed E-state index contributed by atoms with van der Waals surface area (Å²) >= 11 is 0. The molecule has 2 aliphatic rings. The largest absolute Gasteiger partial charge is 0.460 e. The number of esters is 2. The van der Waals surface area contributed by atoms with Crippen molar-refractivity contribution in [2.45, 2.75) is 89.1 Å². The Morgan fingerprint density at radius 1 is 1.14 bits per heavy atom. The summed E-state index contributed by atoms with van der Waals surface area (Å²) in [5.41, 5.74) is 0.504. The standard InChI is InChI=1S/C22H28O6/c1-16-14-17(22(26)27-16)15-18(23)10-8-6-4-2-3-5-7-9-11-19(24)20-12-13-21(25)28-20/h14,16,18-20,23-24H,3,5,7,9-13,15H2,1H3/t16-,18-,19+,20+/m0/s1. The van der Waals surface area contributed by atoms with Gasteiger partial charge in [0.15, 0.2) is 0 Å². The number of ether oxygens (including phenoxy) is 2. The fraction of sp³-hybridized carbons (Fsp3) is 0.636. The number of cyclic esters (lactones) is 2. The normalized spacial score (nSPS) is 22.9. The summed E-state index contributed by atoms with van der Waals surface area (Å²) in [5, 5.41) is 19.9. The van der Waals surface area contributed by atoms with Gasteiger partial charge in [0.25, 0.3) is 0 Å². The van der Waals surface area contributed by atoms with Gasteiger partial charge >= 0.3 is 11.9 Å². The number of carbonyl (C=O) groups is 2. The molecular weight excluding hydrogens is 360 g/mol. The van der Waals surface area contributed by atoms with E-state index < -0.39 is 12.2 Å². The first-order chi connectivity index (χ1) is 13.5. The molecule has 152 valence electrons. The second-order valence-electron chi connectivity index (χ2n) is 7.20. The highest BCUT2D eigenvalue weighted by Gasteiger charge is 2.29. The van der Waals surface area contributed by atoms with Gasteiger partial charge in [-0.15, -0.1) is 0 Å². The van der Waals surface area contributed by atoms with E-state index in [0.29, 0.717) is 24.8 Å². The van der Waals surface area contributed by atoms with Crippen LogP contribution in [0.3, 0.4) is 0 Å². The van der Waals surface area contributed by atoms with Gasteiger partial charge in [0.2, 0.25) is 0 Å². The van der Waals surface area contributed by atoms with Crippen LogP contribution in [0.15, 0.2) is 11.6 Å². The van der Waals surface area contributed by atoms with Crippen LogP contribution in [0.5, 0.6) is 0 Å². The fourth-order valence-corrected chi connectivity index (χ4v) is 3.17. The van der Waals surface area contributed by atoms with Gasteiger partial charge in [0.05, 0.1) is 12.2 Å². The Morgan fingerprint density at radius 3 is 2.61 bits per heavy atom. The van der Waals surface area contributed by atoms with Crippen LogP contribution in [-0.4, -0.2) is 46.6 Å². The second-order valence-corrected chi connectivity index (χ2v) is 7.20. The summed E-state index contributed by atoms with van der Waals surface area (Å²) in [5.74, 6) is 10.7. The third-order valence-corrected chi connectivity index (χ3v) is 4.67. The van der Waals surface area contributed by atoms with Crippen molar-refractivity contribution < 1.29 is 29.3 Å². The molecule has 4 atom stereocenters. The molecule has 0 bridgehead atoms. The molecule has 2 rings (SSSR count). The van der Waals surface area contributed by atoms with Gasteiger partial charge in [-0.3, -0.25) is 4.79 Å². The summed E-state index contributed by atoms with van der Waals surface area (Å²) in [4.78, 5) is 22.5. The lowest BCUT2D eigenvalue weighted by atomic mass is 10.0. The molecule has 6 heteroatoms. The van der Waals surface area contributed by atoms with E-state index in [0.717, 1.165) is 25.7 Å². The molecule has 0 saturated carbocycles. The van der Waals surface area contributed by atoms with Gasteiger partial charge in [-0.2, -0.15) is 0 Å². The van der Waals surface area contributed by atoms with E-state index >= 15 is 0 Å². The zero-order chi connectivity index (χ0) is 20.4. The molecular formula is C22H28O6. The average Bonchev–Trinajstić information content (AvgIpc) is 3.21. The Morgan fingerprint density at radius 2 is 1.93 bits per heavy atom. The number of rotatable bonds is 9. The zero-order valence-corrected chi connectivity index (χ0v) is 16.3. The molecule has 0 aromatic rings. The van der Waals surface area contributed by atoms with Crippen molar-refractivity contribution in [3.63, 3.8) is 0 Å². The molecule has 28 heavy (non-hydrogen) atoms. The minimum atomic E-state index is -0.705. The Balaban J connectivity index is 1.51. The quantitative estimate of drug-likeness (QED) is 0.357. The minimum absolute atomic E-state index is 0.222. The third kappa shape index (κ3) is 7.76. The summed E-state index contributed by atoms with van der Waals surface area (Å²) in [6, 6.07) is 0. The predicted molar refractivity (Wildman–Crippen MR) is 103 cm³/mol. The lowest BCUT2D eigenvalue weighted by Crippen LogP contribution is -2.25. The van der Waals surface area contributed by atoms with Gasteiger partial charge in [0, 0.05) is 31.3 Å². The van der Waals surface area contributed by atoms with Crippen molar-refractivity contribution in [2.75, 3.05) is 0 Å². The topological polar surface area (TPSA) is 93.1 Å². The van der Waals surface area contributed by atoms with Gasteiger partial charge in [-0.05, 0) is 44.1 Å². The van der Waals surface area contributed by atoms with Crippen molar-refractivity contribution >= 4 is 11.9 Å².